The molecule has 0 aliphatic rings. The van der Waals surface area contributed by atoms with Crippen LogP contribution in [0, 0.1) is 6.92 Å². The highest BCUT2D eigenvalue weighted by molar-refractivity contribution is 5.65. The third-order valence-corrected chi connectivity index (χ3v) is 4.25. The van der Waals surface area contributed by atoms with E-state index in [-0.39, 0.29) is 0 Å². The van der Waals surface area contributed by atoms with E-state index >= 15 is 0 Å². The topological polar surface area (TPSA) is 47.7 Å². The lowest BCUT2D eigenvalue weighted by molar-refractivity contribution is 0.313. The number of hydrogen-bond acceptors (Lipinski definition) is 5. The molecule has 3 rings (SSSR count). The maximum absolute atomic E-state index is 5.91. The molecular weight excluding hydrogens is 328 g/mol. The Balaban J connectivity index is 1.79. The Hall–Kier alpha value is -2.79. The summed E-state index contributed by atoms with van der Waals surface area (Å²) < 4.78 is 16.6. The molecule has 0 unspecified atom stereocenters. The molecule has 0 atom stereocenters. The van der Waals surface area contributed by atoms with E-state index in [0.717, 1.165) is 29.3 Å². The number of nitrogens with zero attached hydrogens (tertiary/aromatic N) is 2. The molecule has 0 radical (unpaired) electrons. The minimum absolute atomic E-state index is 0.560. The van der Waals surface area contributed by atoms with E-state index < -0.39 is 0 Å². The van der Waals surface area contributed by atoms with Crippen molar-refractivity contribution in [1.82, 2.24) is 9.88 Å². The van der Waals surface area contributed by atoms with E-state index in [2.05, 4.69) is 36.2 Å². The number of hydrogen-bond donors (Lipinski definition) is 0. The van der Waals surface area contributed by atoms with Gasteiger partial charge in [0.05, 0.1) is 25.5 Å². The van der Waals surface area contributed by atoms with Gasteiger partial charge < -0.3 is 13.9 Å². The maximum Gasteiger partial charge on any atom is 0.230 e. The number of aryl methyl sites for hydroxylation is 1. The highest BCUT2D eigenvalue weighted by Gasteiger charge is 2.17. The van der Waals surface area contributed by atoms with E-state index in [1.54, 1.807) is 14.2 Å². The van der Waals surface area contributed by atoms with Gasteiger partial charge in [-0.1, -0.05) is 30.3 Å². The fourth-order valence-electron chi connectivity index (χ4n) is 2.87. The van der Waals surface area contributed by atoms with Crippen molar-refractivity contribution in [3.8, 4) is 23.0 Å². The zero-order chi connectivity index (χ0) is 18.5. The number of ether oxygens (including phenoxy) is 2. The minimum Gasteiger partial charge on any atom is -0.497 e. The largest absolute Gasteiger partial charge is 0.497 e. The van der Waals surface area contributed by atoms with Crippen molar-refractivity contribution in [2.45, 2.75) is 20.0 Å². The molecule has 26 heavy (non-hydrogen) atoms. The molecule has 3 aromatic rings. The van der Waals surface area contributed by atoms with Crippen molar-refractivity contribution in [1.29, 1.82) is 0 Å². The molecule has 0 amide bonds. The van der Waals surface area contributed by atoms with Crippen molar-refractivity contribution >= 4 is 0 Å². The first-order valence-electron chi connectivity index (χ1n) is 8.52. The highest BCUT2D eigenvalue weighted by atomic mass is 16.5. The van der Waals surface area contributed by atoms with E-state index in [1.165, 1.54) is 5.56 Å². The van der Waals surface area contributed by atoms with Crippen LogP contribution in [0.25, 0.3) is 11.5 Å². The Morgan fingerprint density at radius 3 is 2.46 bits per heavy atom. The maximum atomic E-state index is 5.91. The zero-order valence-corrected chi connectivity index (χ0v) is 15.7. The standard InChI is InChI=1S/C21H24N2O3/c1-15-19(14-23(2)13-16-8-6-5-7-9-16)22-21(26-15)18-11-10-17(24-3)12-20(18)25-4/h5-12H,13-14H2,1-4H3. The molecule has 136 valence electrons. The van der Waals surface area contributed by atoms with E-state index in [9.17, 15) is 0 Å². The predicted molar refractivity (Wildman–Crippen MR) is 101 cm³/mol. The normalized spacial score (nSPS) is 11.0. The van der Waals surface area contributed by atoms with Crippen molar-refractivity contribution in [2.24, 2.45) is 0 Å². The Kier molecular flexibility index (Phi) is 5.58. The van der Waals surface area contributed by atoms with Crippen LogP contribution in [0.1, 0.15) is 17.0 Å². The summed E-state index contributed by atoms with van der Waals surface area (Å²) in [6.07, 6.45) is 0. The second-order valence-electron chi connectivity index (χ2n) is 6.25. The molecule has 1 aromatic heterocycles. The predicted octanol–water partition coefficient (Wildman–Crippen LogP) is 4.30. The van der Waals surface area contributed by atoms with Crippen molar-refractivity contribution in [3.63, 3.8) is 0 Å². The number of rotatable bonds is 7. The van der Waals surface area contributed by atoms with Gasteiger partial charge in [-0.3, -0.25) is 4.90 Å². The first-order valence-corrected chi connectivity index (χ1v) is 8.52. The molecule has 0 saturated carbocycles. The molecule has 1 heterocycles. The van der Waals surface area contributed by atoms with Crippen LogP contribution in [-0.4, -0.2) is 31.2 Å². The third-order valence-electron chi connectivity index (χ3n) is 4.25. The first-order chi connectivity index (χ1) is 12.6. The number of aromatic nitrogens is 1. The van der Waals surface area contributed by atoms with Crippen LogP contribution in [0.3, 0.4) is 0 Å². The third kappa shape index (κ3) is 4.06. The highest BCUT2D eigenvalue weighted by Crippen LogP contribution is 2.33. The monoisotopic (exact) mass is 352 g/mol. The number of methoxy groups -OCH3 is 2. The summed E-state index contributed by atoms with van der Waals surface area (Å²) in [5.41, 5.74) is 3.01. The zero-order valence-electron chi connectivity index (χ0n) is 15.7. The van der Waals surface area contributed by atoms with Gasteiger partial charge in [0.25, 0.3) is 0 Å². The summed E-state index contributed by atoms with van der Waals surface area (Å²) >= 11 is 0. The smallest absolute Gasteiger partial charge is 0.230 e. The Morgan fingerprint density at radius 2 is 1.77 bits per heavy atom. The lowest BCUT2D eigenvalue weighted by Crippen LogP contribution is -2.17. The Labute approximate surface area is 154 Å². The molecular formula is C21H24N2O3. The summed E-state index contributed by atoms with van der Waals surface area (Å²) in [6.45, 7) is 3.51. The van der Waals surface area contributed by atoms with Crippen molar-refractivity contribution in [2.75, 3.05) is 21.3 Å². The Bertz CT molecular complexity index is 859. The van der Waals surface area contributed by atoms with Crippen molar-refractivity contribution < 1.29 is 13.9 Å². The van der Waals surface area contributed by atoms with Crippen LogP contribution in [-0.2, 0) is 13.1 Å². The summed E-state index contributed by atoms with van der Waals surface area (Å²) in [4.78, 5) is 6.91. The van der Waals surface area contributed by atoms with Crippen LogP contribution in [0.5, 0.6) is 11.5 Å². The molecule has 5 nitrogen and oxygen atoms in total. The molecule has 0 aliphatic heterocycles. The second kappa shape index (κ2) is 8.06. The van der Waals surface area contributed by atoms with Crippen LogP contribution < -0.4 is 9.47 Å². The molecule has 5 heteroatoms. The SMILES string of the molecule is COc1ccc(-c2nc(CN(C)Cc3ccccc3)c(C)o2)c(OC)c1. The Morgan fingerprint density at radius 1 is 1.00 bits per heavy atom. The van der Waals surface area contributed by atoms with E-state index in [0.29, 0.717) is 18.2 Å². The fraction of sp³-hybridized carbons (Fsp3) is 0.286. The fourth-order valence-corrected chi connectivity index (χ4v) is 2.87. The number of benzene rings is 2. The average molecular weight is 352 g/mol. The summed E-state index contributed by atoms with van der Waals surface area (Å²) in [5.74, 6) is 2.79. The van der Waals surface area contributed by atoms with Gasteiger partial charge in [-0.2, -0.15) is 0 Å². The van der Waals surface area contributed by atoms with Crippen LogP contribution in [0.2, 0.25) is 0 Å². The van der Waals surface area contributed by atoms with Gasteiger partial charge in [-0.05, 0) is 31.7 Å². The van der Waals surface area contributed by atoms with E-state index in [4.69, 9.17) is 18.9 Å². The molecule has 2 aromatic carbocycles. The van der Waals surface area contributed by atoms with Crippen LogP contribution in [0.15, 0.2) is 52.9 Å². The van der Waals surface area contributed by atoms with Gasteiger partial charge >= 0.3 is 0 Å². The molecule has 0 spiro atoms. The van der Waals surface area contributed by atoms with Crippen LogP contribution in [0.4, 0.5) is 0 Å². The lowest BCUT2D eigenvalue weighted by atomic mass is 10.2. The van der Waals surface area contributed by atoms with Gasteiger partial charge in [0.2, 0.25) is 5.89 Å². The molecule has 0 fully saturated rings. The first kappa shape index (κ1) is 18.0. The second-order valence-corrected chi connectivity index (χ2v) is 6.25. The quantitative estimate of drug-likeness (QED) is 0.634. The lowest BCUT2D eigenvalue weighted by Gasteiger charge is -2.15. The molecule has 0 bridgehead atoms. The molecule has 0 N–H and O–H groups in total. The van der Waals surface area contributed by atoms with E-state index in [1.807, 2.05) is 31.2 Å². The number of oxazole rings is 1. The van der Waals surface area contributed by atoms with Gasteiger partial charge in [0.15, 0.2) is 0 Å². The summed E-state index contributed by atoms with van der Waals surface area (Å²) in [5, 5.41) is 0. The molecule has 0 aliphatic carbocycles. The van der Waals surface area contributed by atoms with Crippen molar-refractivity contribution in [3.05, 3.63) is 65.5 Å². The van der Waals surface area contributed by atoms with Gasteiger partial charge in [-0.15, -0.1) is 0 Å². The summed E-state index contributed by atoms with van der Waals surface area (Å²) in [6, 6.07) is 16.0. The van der Waals surface area contributed by atoms with Gasteiger partial charge in [-0.25, -0.2) is 4.98 Å². The molecule has 0 saturated heterocycles. The van der Waals surface area contributed by atoms with Gasteiger partial charge in [0, 0.05) is 19.2 Å². The average Bonchev–Trinajstić information content (AvgIpc) is 3.02. The van der Waals surface area contributed by atoms with Gasteiger partial charge in [0.1, 0.15) is 17.3 Å². The van der Waals surface area contributed by atoms with Crippen LogP contribution >= 0.6 is 0 Å². The summed E-state index contributed by atoms with van der Waals surface area (Å²) in [7, 11) is 5.34. The minimum atomic E-state index is 0.560.